The van der Waals surface area contributed by atoms with Crippen LogP contribution in [-0.2, 0) is 11.2 Å². The highest BCUT2D eigenvalue weighted by Crippen LogP contribution is 2.19. The number of imidazole rings is 1. The first-order chi connectivity index (χ1) is 6.91. The highest BCUT2D eigenvalue weighted by atomic mass is 16.4. The molecule has 1 aromatic rings. The van der Waals surface area contributed by atoms with Gasteiger partial charge in [0.2, 0.25) is 0 Å². The van der Waals surface area contributed by atoms with E-state index < -0.39 is 5.97 Å². The summed E-state index contributed by atoms with van der Waals surface area (Å²) in [6, 6.07) is 0.317. The largest absolute Gasteiger partial charge is 0.481 e. The lowest BCUT2D eigenvalue weighted by molar-refractivity contribution is -0.136. The SMILES string of the molecule is CC(C)c1nc(CC(=O)O)cn1C(C)C. The predicted molar refractivity (Wildman–Crippen MR) is 58.0 cm³/mol. The molecule has 0 fully saturated rings. The molecule has 4 heteroatoms. The van der Waals surface area contributed by atoms with E-state index in [0.29, 0.717) is 17.7 Å². The van der Waals surface area contributed by atoms with Crippen molar-refractivity contribution in [3.63, 3.8) is 0 Å². The third kappa shape index (κ3) is 2.81. The molecule has 84 valence electrons. The maximum atomic E-state index is 10.6. The van der Waals surface area contributed by atoms with E-state index in [1.807, 2.05) is 10.8 Å². The van der Waals surface area contributed by atoms with Crippen LogP contribution < -0.4 is 0 Å². The molecule has 0 saturated carbocycles. The molecular formula is C11H18N2O2. The Morgan fingerprint density at radius 1 is 1.47 bits per heavy atom. The second kappa shape index (κ2) is 4.47. The van der Waals surface area contributed by atoms with Crippen LogP contribution in [0.5, 0.6) is 0 Å². The van der Waals surface area contributed by atoms with E-state index in [4.69, 9.17) is 5.11 Å². The standard InChI is InChI=1S/C11H18N2O2/c1-7(2)11-12-9(5-10(14)15)6-13(11)8(3)4/h6-8H,5H2,1-4H3,(H,14,15). The molecule has 0 bridgehead atoms. The monoisotopic (exact) mass is 210 g/mol. The Morgan fingerprint density at radius 3 is 2.40 bits per heavy atom. The summed E-state index contributed by atoms with van der Waals surface area (Å²) in [4.78, 5) is 14.9. The maximum absolute atomic E-state index is 10.6. The van der Waals surface area contributed by atoms with Gasteiger partial charge in [-0.25, -0.2) is 4.98 Å². The van der Waals surface area contributed by atoms with Crippen molar-refractivity contribution in [3.05, 3.63) is 17.7 Å². The number of hydrogen-bond donors (Lipinski definition) is 1. The van der Waals surface area contributed by atoms with E-state index in [2.05, 4.69) is 32.7 Å². The van der Waals surface area contributed by atoms with Gasteiger partial charge in [0.25, 0.3) is 0 Å². The van der Waals surface area contributed by atoms with Crippen LogP contribution in [0.4, 0.5) is 0 Å². The molecule has 0 unspecified atom stereocenters. The Balaban J connectivity index is 3.03. The molecule has 1 heterocycles. The van der Waals surface area contributed by atoms with Crippen molar-refractivity contribution in [1.29, 1.82) is 0 Å². The number of nitrogens with zero attached hydrogens (tertiary/aromatic N) is 2. The first-order valence-electron chi connectivity index (χ1n) is 5.21. The van der Waals surface area contributed by atoms with E-state index in [1.54, 1.807) is 0 Å². The molecule has 1 aromatic heterocycles. The lowest BCUT2D eigenvalue weighted by atomic mass is 10.2. The number of aliphatic carboxylic acids is 1. The Morgan fingerprint density at radius 2 is 2.07 bits per heavy atom. The van der Waals surface area contributed by atoms with E-state index >= 15 is 0 Å². The predicted octanol–water partition coefficient (Wildman–Crippen LogP) is 2.21. The van der Waals surface area contributed by atoms with Gasteiger partial charge < -0.3 is 9.67 Å². The number of carbonyl (C=O) groups is 1. The van der Waals surface area contributed by atoms with Crippen LogP contribution in [0.25, 0.3) is 0 Å². The fourth-order valence-electron chi connectivity index (χ4n) is 1.54. The fourth-order valence-corrected chi connectivity index (χ4v) is 1.54. The van der Waals surface area contributed by atoms with Crippen molar-refractivity contribution in [1.82, 2.24) is 9.55 Å². The van der Waals surface area contributed by atoms with Crippen molar-refractivity contribution < 1.29 is 9.90 Å². The molecule has 4 nitrogen and oxygen atoms in total. The third-order valence-corrected chi connectivity index (χ3v) is 2.22. The van der Waals surface area contributed by atoms with Crippen molar-refractivity contribution >= 4 is 5.97 Å². The molecule has 0 aliphatic carbocycles. The average molecular weight is 210 g/mol. The second-order valence-corrected chi connectivity index (χ2v) is 4.32. The first-order valence-corrected chi connectivity index (χ1v) is 5.21. The Labute approximate surface area is 89.9 Å². The number of hydrogen-bond acceptors (Lipinski definition) is 2. The normalized spacial score (nSPS) is 11.3. The minimum Gasteiger partial charge on any atom is -0.481 e. The van der Waals surface area contributed by atoms with Gasteiger partial charge in [-0.05, 0) is 13.8 Å². The van der Waals surface area contributed by atoms with E-state index in [9.17, 15) is 4.79 Å². The molecule has 1 rings (SSSR count). The van der Waals surface area contributed by atoms with Gasteiger partial charge in [-0.2, -0.15) is 0 Å². The summed E-state index contributed by atoms with van der Waals surface area (Å²) in [6.45, 7) is 8.26. The van der Waals surface area contributed by atoms with E-state index in [0.717, 1.165) is 5.82 Å². The van der Waals surface area contributed by atoms with E-state index in [-0.39, 0.29) is 6.42 Å². The first kappa shape index (κ1) is 11.8. The summed E-state index contributed by atoms with van der Waals surface area (Å²) in [5, 5.41) is 8.70. The van der Waals surface area contributed by atoms with Gasteiger partial charge in [-0.15, -0.1) is 0 Å². The van der Waals surface area contributed by atoms with Crippen molar-refractivity contribution in [2.24, 2.45) is 0 Å². The molecular weight excluding hydrogens is 192 g/mol. The summed E-state index contributed by atoms with van der Waals surface area (Å²) in [6.07, 6.45) is 1.84. The zero-order chi connectivity index (χ0) is 11.6. The van der Waals surface area contributed by atoms with Crippen LogP contribution in [-0.4, -0.2) is 20.6 Å². The van der Waals surface area contributed by atoms with Gasteiger partial charge in [-0.1, -0.05) is 13.8 Å². The van der Waals surface area contributed by atoms with E-state index in [1.165, 1.54) is 0 Å². The number of carboxylic acids is 1. The molecule has 0 amide bonds. The Hall–Kier alpha value is -1.32. The minimum atomic E-state index is -0.835. The topological polar surface area (TPSA) is 55.1 Å². The maximum Gasteiger partial charge on any atom is 0.309 e. The third-order valence-electron chi connectivity index (χ3n) is 2.22. The van der Waals surface area contributed by atoms with Gasteiger partial charge in [0.1, 0.15) is 5.82 Å². The second-order valence-electron chi connectivity index (χ2n) is 4.32. The molecule has 0 spiro atoms. The van der Waals surface area contributed by atoms with Gasteiger partial charge in [0.05, 0.1) is 12.1 Å². The summed E-state index contributed by atoms with van der Waals surface area (Å²) in [7, 11) is 0. The van der Waals surface area contributed by atoms with Crippen molar-refractivity contribution in [2.75, 3.05) is 0 Å². The molecule has 1 N–H and O–H groups in total. The lowest BCUT2D eigenvalue weighted by Crippen LogP contribution is -2.06. The average Bonchev–Trinajstić information content (AvgIpc) is 2.46. The Kier molecular flexibility index (Phi) is 3.50. The van der Waals surface area contributed by atoms with Gasteiger partial charge in [0, 0.05) is 18.2 Å². The molecule has 0 aliphatic heterocycles. The zero-order valence-corrected chi connectivity index (χ0v) is 9.69. The zero-order valence-electron chi connectivity index (χ0n) is 9.69. The smallest absolute Gasteiger partial charge is 0.309 e. The quantitative estimate of drug-likeness (QED) is 0.829. The van der Waals surface area contributed by atoms with Gasteiger partial charge in [-0.3, -0.25) is 4.79 Å². The number of aromatic nitrogens is 2. The number of rotatable bonds is 4. The molecule has 0 atom stereocenters. The van der Waals surface area contributed by atoms with Gasteiger partial charge in [0.15, 0.2) is 0 Å². The fraction of sp³-hybridized carbons (Fsp3) is 0.636. The van der Waals surface area contributed by atoms with Crippen LogP contribution in [0.2, 0.25) is 0 Å². The molecule has 15 heavy (non-hydrogen) atoms. The summed E-state index contributed by atoms with van der Waals surface area (Å²) in [5.74, 6) is 0.440. The highest BCUT2D eigenvalue weighted by Gasteiger charge is 2.14. The van der Waals surface area contributed by atoms with Crippen molar-refractivity contribution in [3.8, 4) is 0 Å². The Bertz CT molecular complexity index is 328. The summed E-state index contributed by atoms with van der Waals surface area (Å²) >= 11 is 0. The van der Waals surface area contributed by atoms with Crippen LogP contribution >= 0.6 is 0 Å². The van der Waals surface area contributed by atoms with Crippen LogP contribution in [0.3, 0.4) is 0 Å². The molecule has 0 radical (unpaired) electrons. The molecule has 0 aromatic carbocycles. The summed E-state index contributed by atoms with van der Waals surface area (Å²) < 4.78 is 2.04. The molecule has 0 aliphatic rings. The van der Waals surface area contributed by atoms with Crippen LogP contribution in [0.15, 0.2) is 6.20 Å². The van der Waals surface area contributed by atoms with Gasteiger partial charge >= 0.3 is 5.97 Å². The highest BCUT2D eigenvalue weighted by molar-refractivity contribution is 5.69. The van der Waals surface area contributed by atoms with Crippen LogP contribution in [0, 0.1) is 0 Å². The van der Waals surface area contributed by atoms with Crippen LogP contribution in [0.1, 0.15) is 51.2 Å². The number of carboxylic acid groups (broad SMARTS) is 1. The minimum absolute atomic E-state index is 0.000556. The lowest BCUT2D eigenvalue weighted by Gasteiger charge is -2.12. The summed E-state index contributed by atoms with van der Waals surface area (Å²) in [5.41, 5.74) is 0.639. The molecule has 0 saturated heterocycles. The van der Waals surface area contributed by atoms with Crippen molar-refractivity contribution in [2.45, 2.75) is 46.1 Å².